The highest BCUT2D eigenvalue weighted by Gasteiger charge is 2.38. The van der Waals surface area contributed by atoms with Gasteiger partial charge in [0.1, 0.15) is 0 Å². The molecule has 0 spiro atoms. The van der Waals surface area contributed by atoms with Crippen molar-refractivity contribution in [1.29, 1.82) is 0 Å². The summed E-state index contributed by atoms with van der Waals surface area (Å²) in [6.45, 7) is 13.4. The van der Waals surface area contributed by atoms with Crippen molar-refractivity contribution in [3.63, 3.8) is 0 Å². The third-order valence-electron chi connectivity index (χ3n) is 3.93. The van der Waals surface area contributed by atoms with Crippen LogP contribution in [-0.2, 0) is 4.74 Å². The number of nitrogens with zero attached hydrogens (tertiary/aromatic N) is 1. The van der Waals surface area contributed by atoms with E-state index >= 15 is 0 Å². The standard InChI is InChI=1S/C14H28N2O/c1-13(2)9-12(10-14(3,4)11-13)15-16-5-7-17-8-6-16/h12,15H,5-11H2,1-4H3. The molecular formula is C14H28N2O. The third kappa shape index (κ3) is 3.94. The van der Waals surface area contributed by atoms with Crippen molar-refractivity contribution in [3.05, 3.63) is 0 Å². The molecular weight excluding hydrogens is 212 g/mol. The first-order valence-corrected chi connectivity index (χ1v) is 6.95. The van der Waals surface area contributed by atoms with E-state index in [1.807, 2.05) is 0 Å². The van der Waals surface area contributed by atoms with Crippen LogP contribution in [0.3, 0.4) is 0 Å². The van der Waals surface area contributed by atoms with Crippen LogP contribution in [0.1, 0.15) is 47.0 Å². The highest BCUT2D eigenvalue weighted by Crippen LogP contribution is 2.45. The molecule has 1 N–H and O–H groups in total. The van der Waals surface area contributed by atoms with E-state index in [4.69, 9.17) is 4.74 Å². The zero-order chi connectivity index (χ0) is 12.5. The quantitative estimate of drug-likeness (QED) is 0.802. The molecule has 0 aromatic rings. The van der Waals surface area contributed by atoms with E-state index in [0.717, 1.165) is 26.3 Å². The lowest BCUT2D eigenvalue weighted by Crippen LogP contribution is -2.54. The predicted molar refractivity (Wildman–Crippen MR) is 70.7 cm³/mol. The van der Waals surface area contributed by atoms with Gasteiger partial charge in [0.25, 0.3) is 0 Å². The molecule has 0 unspecified atom stereocenters. The first-order chi connectivity index (χ1) is 7.86. The van der Waals surface area contributed by atoms with E-state index in [-0.39, 0.29) is 0 Å². The summed E-state index contributed by atoms with van der Waals surface area (Å²) in [4.78, 5) is 0. The molecule has 2 fully saturated rings. The van der Waals surface area contributed by atoms with E-state index in [0.29, 0.717) is 16.9 Å². The van der Waals surface area contributed by atoms with Gasteiger partial charge in [0.05, 0.1) is 13.2 Å². The Bertz CT molecular complexity index is 241. The maximum Gasteiger partial charge on any atom is 0.0608 e. The molecule has 1 saturated heterocycles. The molecule has 3 heteroatoms. The lowest BCUT2D eigenvalue weighted by atomic mass is 9.64. The Kier molecular flexibility index (Phi) is 3.81. The molecule has 2 rings (SSSR count). The molecule has 0 aromatic carbocycles. The summed E-state index contributed by atoms with van der Waals surface area (Å²) in [7, 11) is 0. The van der Waals surface area contributed by atoms with Crippen LogP contribution in [0, 0.1) is 10.8 Å². The molecule has 1 aliphatic heterocycles. The first kappa shape index (κ1) is 13.3. The monoisotopic (exact) mass is 240 g/mol. The van der Waals surface area contributed by atoms with Gasteiger partial charge < -0.3 is 4.74 Å². The van der Waals surface area contributed by atoms with Gasteiger partial charge in [-0.25, -0.2) is 5.01 Å². The summed E-state index contributed by atoms with van der Waals surface area (Å²) in [6.07, 6.45) is 3.91. The Morgan fingerprint density at radius 3 is 2.06 bits per heavy atom. The fourth-order valence-electron chi connectivity index (χ4n) is 3.89. The number of hydrogen-bond donors (Lipinski definition) is 1. The fraction of sp³-hybridized carbons (Fsp3) is 1.00. The molecule has 0 radical (unpaired) electrons. The molecule has 1 heterocycles. The molecule has 2 aliphatic rings. The van der Waals surface area contributed by atoms with Crippen LogP contribution in [-0.4, -0.2) is 37.4 Å². The number of hydrazine groups is 1. The molecule has 1 saturated carbocycles. The number of ether oxygens (including phenoxy) is 1. The maximum absolute atomic E-state index is 5.39. The van der Waals surface area contributed by atoms with Crippen LogP contribution in [0.2, 0.25) is 0 Å². The summed E-state index contributed by atoms with van der Waals surface area (Å²) in [6, 6.07) is 0.631. The lowest BCUT2D eigenvalue weighted by molar-refractivity contribution is -0.0184. The Labute approximate surface area is 106 Å². The smallest absolute Gasteiger partial charge is 0.0608 e. The second kappa shape index (κ2) is 4.87. The Morgan fingerprint density at radius 1 is 1.00 bits per heavy atom. The van der Waals surface area contributed by atoms with Crippen molar-refractivity contribution in [2.45, 2.75) is 53.0 Å². The van der Waals surface area contributed by atoms with Crippen molar-refractivity contribution >= 4 is 0 Å². The zero-order valence-electron chi connectivity index (χ0n) is 11.9. The summed E-state index contributed by atoms with van der Waals surface area (Å²) in [5.74, 6) is 0. The van der Waals surface area contributed by atoms with E-state index in [1.165, 1.54) is 19.3 Å². The average molecular weight is 240 g/mol. The van der Waals surface area contributed by atoms with Crippen LogP contribution >= 0.6 is 0 Å². The van der Waals surface area contributed by atoms with Gasteiger partial charge in [-0.2, -0.15) is 0 Å². The van der Waals surface area contributed by atoms with Gasteiger partial charge >= 0.3 is 0 Å². The van der Waals surface area contributed by atoms with Gasteiger partial charge in [-0.3, -0.25) is 5.43 Å². The van der Waals surface area contributed by atoms with Crippen LogP contribution in [0.15, 0.2) is 0 Å². The highest BCUT2D eigenvalue weighted by atomic mass is 16.5. The van der Waals surface area contributed by atoms with E-state index in [2.05, 4.69) is 38.1 Å². The van der Waals surface area contributed by atoms with Crippen LogP contribution in [0.25, 0.3) is 0 Å². The normalized spacial score (nSPS) is 30.4. The van der Waals surface area contributed by atoms with Crippen molar-refractivity contribution in [1.82, 2.24) is 10.4 Å². The summed E-state index contributed by atoms with van der Waals surface area (Å²) < 4.78 is 5.39. The zero-order valence-corrected chi connectivity index (χ0v) is 11.9. The Balaban J connectivity index is 1.91. The molecule has 17 heavy (non-hydrogen) atoms. The van der Waals surface area contributed by atoms with Gasteiger partial charge in [-0.05, 0) is 30.1 Å². The second-order valence-corrected chi connectivity index (χ2v) is 7.34. The second-order valence-electron chi connectivity index (χ2n) is 7.34. The van der Waals surface area contributed by atoms with Crippen LogP contribution < -0.4 is 5.43 Å². The topological polar surface area (TPSA) is 24.5 Å². The highest BCUT2D eigenvalue weighted by molar-refractivity contribution is 4.91. The van der Waals surface area contributed by atoms with Crippen molar-refractivity contribution in [3.8, 4) is 0 Å². The molecule has 1 aliphatic carbocycles. The first-order valence-electron chi connectivity index (χ1n) is 6.95. The maximum atomic E-state index is 5.39. The van der Waals surface area contributed by atoms with Crippen LogP contribution in [0.5, 0.6) is 0 Å². The lowest BCUT2D eigenvalue weighted by Gasteiger charge is -2.46. The SMILES string of the molecule is CC1(C)CC(NN2CCOCC2)CC(C)(C)C1. The van der Waals surface area contributed by atoms with Gasteiger partial charge in [0, 0.05) is 19.1 Å². The molecule has 0 bridgehead atoms. The number of rotatable bonds is 2. The minimum atomic E-state index is 0.464. The van der Waals surface area contributed by atoms with E-state index < -0.39 is 0 Å². The van der Waals surface area contributed by atoms with Gasteiger partial charge in [0.15, 0.2) is 0 Å². The van der Waals surface area contributed by atoms with E-state index in [1.54, 1.807) is 0 Å². The fourth-order valence-corrected chi connectivity index (χ4v) is 3.89. The average Bonchev–Trinajstić information content (AvgIpc) is 2.13. The number of hydrogen-bond acceptors (Lipinski definition) is 3. The Hall–Kier alpha value is -0.120. The Morgan fingerprint density at radius 2 is 1.53 bits per heavy atom. The van der Waals surface area contributed by atoms with Gasteiger partial charge in [0.2, 0.25) is 0 Å². The van der Waals surface area contributed by atoms with E-state index in [9.17, 15) is 0 Å². The van der Waals surface area contributed by atoms with Crippen molar-refractivity contribution in [2.75, 3.05) is 26.3 Å². The van der Waals surface area contributed by atoms with Crippen molar-refractivity contribution < 1.29 is 4.74 Å². The molecule has 100 valence electrons. The van der Waals surface area contributed by atoms with Gasteiger partial charge in [-0.1, -0.05) is 27.7 Å². The molecule has 0 aromatic heterocycles. The molecule has 0 atom stereocenters. The number of nitrogens with one attached hydrogen (secondary N) is 1. The predicted octanol–water partition coefficient (Wildman–Crippen LogP) is 2.43. The summed E-state index contributed by atoms with van der Waals surface area (Å²) in [5.41, 5.74) is 4.65. The van der Waals surface area contributed by atoms with Gasteiger partial charge in [-0.15, -0.1) is 0 Å². The summed E-state index contributed by atoms with van der Waals surface area (Å²) >= 11 is 0. The molecule has 3 nitrogen and oxygen atoms in total. The van der Waals surface area contributed by atoms with Crippen LogP contribution in [0.4, 0.5) is 0 Å². The summed E-state index contributed by atoms with van der Waals surface area (Å²) in [5, 5.41) is 2.35. The number of morpholine rings is 1. The largest absolute Gasteiger partial charge is 0.379 e. The minimum absolute atomic E-state index is 0.464. The molecule has 0 amide bonds. The van der Waals surface area contributed by atoms with Crippen molar-refractivity contribution in [2.24, 2.45) is 10.8 Å². The third-order valence-corrected chi connectivity index (χ3v) is 3.93. The minimum Gasteiger partial charge on any atom is -0.379 e.